The fraction of sp³-hybridized carbons (Fsp3) is 0.125. The summed E-state index contributed by atoms with van der Waals surface area (Å²) in [5, 5.41) is 8.49. The third kappa shape index (κ3) is 2.00. The molecule has 2 N–H and O–H groups in total. The second-order valence-corrected chi connectivity index (χ2v) is 3.20. The zero-order valence-corrected chi connectivity index (χ0v) is 8.02. The fourth-order valence-electron chi connectivity index (χ4n) is 1.03. The highest BCUT2D eigenvalue weighted by Gasteiger charge is 1.99. The van der Waals surface area contributed by atoms with Gasteiger partial charge >= 0.3 is 0 Å². The molecule has 2 heterocycles. The molecule has 0 amide bonds. The molecule has 2 aromatic rings. The van der Waals surface area contributed by atoms with Crippen molar-refractivity contribution in [3.63, 3.8) is 0 Å². The minimum atomic E-state index is 0.402. The van der Waals surface area contributed by atoms with Crippen molar-refractivity contribution in [2.24, 2.45) is 0 Å². The first-order valence-corrected chi connectivity index (χ1v) is 4.38. The van der Waals surface area contributed by atoms with Gasteiger partial charge in [0.25, 0.3) is 0 Å². The van der Waals surface area contributed by atoms with Crippen LogP contribution in [0.15, 0.2) is 24.5 Å². The van der Waals surface area contributed by atoms with Gasteiger partial charge in [-0.15, -0.1) is 5.10 Å². The summed E-state index contributed by atoms with van der Waals surface area (Å²) in [7, 11) is 0. The average molecular weight is 210 g/mol. The van der Waals surface area contributed by atoms with Crippen LogP contribution in [0.25, 0.3) is 0 Å². The molecule has 0 aliphatic heterocycles. The van der Waals surface area contributed by atoms with Gasteiger partial charge in [-0.25, -0.2) is 0 Å². The van der Waals surface area contributed by atoms with Crippen LogP contribution in [-0.4, -0.2) is 20.0 Å². The Morgan fingerprint density at radius 2 is 2.21 bits per heavy atom. The second kappa shape index (κ2) is 3.63. The molecule has 0 atom stereocenters. The van der Waals surface area contributed by atoms with E-state index in [9.17, 15) is 0 Å². The molecule has 2 rings (SSSR count). The molecule has 0 fully saturated rings. The van der Waals surface area contributed by atoms with E-state index in [0.29, 0.717) is 17.4 Å². The molecule has 0 bridgehead atoms. The minimum Gasteiger partial charge on any atom is -0.381 e. The van der Waals surface area contributed by atoms with Gasteiger partial charge in [0, 0.05) is 6.20 Å². The molecule has 0 aliphatic rings. The van der Waals surface area contributed by atoms with Crippen molar-refractivity contribution in [3.8, 4) is 0 Å². The Bertz CT molecular complexity index is 422. The highest BCUT2D eigenvalue weighted by Crippen LogP contribution is 2.06. The molecule has 0 saturated heterocycles. The van der Waals surface area contributed by atoms with Gasteiger partial charge in [0.1, 0.15) is 6.54 Å². The van der Waals surface area contributed by atoms with Crippen LogP contribution in [0, 0.1) is 0 Å². The Labute approximate surface area is 85.5 Å². The predicted octanol–water partition coefficient (Wildman–Crippen LogP) is 0.957. The monoisotopic (exact) mass is 209 g/mol. The molecule has 0 spiro atoms. The van der Waals surface area contributed by atoms with Crippen LogP contribution < -0.4 is 5.73 Å². The predicted molar refractivity (Wildman–Crippen MR) is 52.8 cm³/mol. The highest BCUT2D eigenvalue weighted by molar-refractivity contribution is 6.30. The van der Waals surface area contributed by atoms with Crippen molar-refractivity contribution in [3.05, 3.63) is 35.2 Å². The maximum Gasteiger partial charge on any atom is 0.165 e. The van der Waals surface area contributed by atoms with Gasteiger partial charge in [0.2, 0.25) is 0 Å². The second-order valence-electron chi connectivity index (χ2n) is 2.77. The summed E-state index contributed by atoms with van der Waals surface area (Å²) in [4.78, 5) is 5.59. The van der Waals surface area contributed by atoms with E-state index < -0.39 is 0 Å². The Morgan fingerprint density at radius 1 is 1.36 bits per heavy atom. The van der Waals surface area contributed by atoms with Crippen LogP contribution in [0.1, 0.15) is 5.69 Å². The van der Waals surface area contributed by atoms with Gasteiger partial charge in [-0.1, -0.05) is 11.6 Å². The van der Waals surface area contributed by atoms with E-state index in [1.807, 2.05) is 6.07 Å². The van der Waals surface area contributed by atoms with E-state index in [1.165, 1.54) is 11.0 Å². The van der Waals surface area contributed by atoms with Crippen molar-refractivity contribution < 1.29 is 0 Å². The SMILES string of the molecule is Nc1cnn(Cc2ccc(Cl)cn2)n1. The summed E-state index contributed by atoms with van der Waals surface area (Å²) in [6.45, 7) is 0.494. The molecular weight excluding hydrogens is 202 g/mol. The Morgan fingerprint density at radius 3 is 2.79 bits per heavy atom. The third-order valence-electron chi connectivity index (χ3n) is 1.65. The molecule has 0 aliphatic carbocycles. The lowest BCUT2D eigenvalue weighted by Crippen LogP contribution is -2.05. The molecular formula is C8H8ClN5. The standard InChI is InChI=1S/C8H8ClN5/c9-6-1-2-7(11-3-6)5-14-12-4-8(10)13-14/h1-4H,5H2,(H2,10,13). The summed E-state index contributed by atoms with van der Waals surface area (Å²) in [6, 6.07) is 3.60. The molecule has 0 saturated carbocycles. The zero-order valence-electron chi connectivity index (χ0n) is 7.26. The van der Waals surface area contributed by atoms with Crippen LogP contribution in [0.3, 0.4) is 0 Å². The lowest BCUT2D eigenvalue weighted by Gasteiger charge is -1.98. The molecule has 72 valence electrons. The molecule has 5 nitrogen and oxygen atoms in total. The van der Waals surface area contributed by atoms with Crippen molar-refractivity contribution >= 4 is 17.4 Å². The summed E-state index contributed by atoms with van der Waals surface area (Å²) >= 11 is 5.70. The fourth-order valence-corrected chi connectivity index (χ4v) is 1.14. The van der Waals surface area contributed by atoms with E-state index >= 15 is 0 Å². The first-order chi connectivity index (χ1) is 6.74. The minimum absolute atomic E-state index is 0.402. The topological polar surface area (TPSA) is 69.6 Å². The maximum absolute atomic E-state index is 5.70. The van der Waals surface area contributed by atoms with E-state index in [1.54, 1.807) is 12.3 Å². The normalized spacial score (nSPS) is 10.4. The van der Waals surface area contributed by atoms with Gasteiger partial charge in [0.15, 0.2) is 5.82 Å². The van der Waals surface area contributed by atoms with Gasteiger partial charge in [-0.05, 0) is 12.1 Å². The number of hydrogen-bond donors (Lipinski definition) is 1. The number of rotatable bonds is 2. The molecule has 14 heavy (non-hydrogen) atoms. The Hall–Kier alpha value is -1.62. The number of halogens is 1. The maximum atomic E-state index is 5.70. The number of nitrogens with zero attached hydrogens (tertiary/aromatic N) is 4. The van der Waals surface area contributed by atoms with Crippen LogP contribution >= 0.6 is 11.6 Å². The zero-order chi connectivity index (χ0) is 9.97. The van der Waals surface area contributed by atoms with Crippen LogP contribution in [0.2, 0.25) is 5.02 Å². The van der Waals surface area contributed by atoms with Crippen LogP contribution in [0.5, 0.6) is 0 Å². The Balaban J connectivity index is 2.15. The van der Waals surface area contributed by atoms with E-state index in [-0.39, 0.29) is 0 Å². The third-order valence-corrected chi connectivity index (χ3v) is 1.87. The molecule has 0 unspecified atom stereocenters. The molecule has 0 aromatic carbocycles. The average Bonchev–Trinajstić information content (AvgIpc) is 2.56. The van der Waals surface area contributed by atoms with Gasteiger partial charge in [-0.2, -0.15) is 9.90 Å². The molecule has 0 radical (unpaired) electrons. The van der Waals surface area contributed by atoms with Crippen molar-refractivity contribution in [2.45, 2.75) is 6.54 Å². The molecule has 2 aromatic heterocycles. The number of hydrogen-bond acceptors (Lipinski definition) is 4. The first-order valence-electron chi connectivity index (χ1n) is 4.00. The van der Waals surface area contributed by atoms with E-state index in [4.69, 9.17) is 17.3 Å². The quantitative estimate of drug-likeness (QED) is 0.800. The largest absolute Gasteiger partial charge is 0.381 e. The van der Waals surface area contributed by atoms with Gasteiger partial charge in [0.05, 0.1) is 16.9 Å². The summed E-state index contributed by atoms with van der Waals surface area (Å²) in [5.74, 6) is 0.402. The van der Waals surface area contributed by atoms with Crippen LogP contribution in [0.4, 0.5) is 5.82 Å². The lowest BCUT2D eigenvalue weighted by atomic mass is 10.3. The summed E-state index contributed by atoms with van der Waals surface area (Å²) in [6.07, 6.45) is 3.08. The van der Waals surface area contributed by atoms with Crippen molar-refractivity contribution in [1.82, 2.24) is 20.0 Å². The number of aromatic nitrogens is 4. The molecule has 6 heteroatoms. The van der Waals surface area contributed by atoms with Crippen molar-refractivity contribution in [1.29, 1.82) is 0 Å². The number of pyridine rings is 1. The van der Waals surface area contributed by atoms with E-state index in [2.05, 4.69) is 15.2 Å². The number of anilines is 1. The first kappa shape index (κ1) is 8.96. The summed E-state index contributed by atoms with van der Waals surface area (Å²) < 4.78 is 0. The number of nitrogen functional groups attached to an aromatic ring is 1. The van der Waals surface area contributed by atoms with E-state index in [0.717, 1.165) is 5.69 Å². The Kier molecular flexibility index (Phi) is 2.32. The number of nitrogens with two attached hydrogens (primary N) is 1. The van der Waals surface area contributed by atoms with Gasteiger partial charge < -0.3 is 5.73 Å². The van der Waals surface area contributed by atoms with Gasteiger partial charge in [-0.3, -0.25) is 4.98 Å². The lowest BCUT2D eigenvalue weighted by molar-refractivity contribution is 0.584. The van der Waals surface area contributed by atoms with Crippen molar-refractivity contribution in [2.75, 3.05) is 5.73 Å². The van der Waals surface area contributed by atoms with Crippen LogP contribution in [-0.2, 0) is 6.54 Å². The summed E-state index contributed by atoms with van der Waals surface area (Å²) in [5.41, 5.74) is 6.26. The highest BCUT2D eigenvalue weighted by atomic mass is 35.5. The smallest absolute Gasteiger partial charge is 0.165 e.